The predicted octanol–water partition coefficient (Wildman–Crippen LogP) is 5.05. The highest BCUT2D eigenvalue weighted by Gasteiger charge is 2.18. The van der Waals surface area contributed by atoms with Crippen molar-refractivity contribution in [3.8, 4) is 11.4 Å². The number of H-pyrrole nitrogens is 1. The lowest BCUT2D eigenvalue weighted by Gasteiger charge is -2.24. The van der Waals surface area contributed by atoms with Crippen molar-refractivity contribution in [2.24, 2.45) is 0 Å². The summed E-state index contributed by atoms with van der Waals surface area (Å²) in [6, 6.07) is 12.7. The van der Waals surface area contributed by atoms with Crippen molar-refractivity contribution in [2.75, 3.05) is 23.8 Å². The Morgan fingerprint density at radius 3 is 2.50 bits per heavy atom. The van der Waals surface area contributed by atoms with Gasteiger partial charge in [-0.1, -0.05) is 39.0 Å². The molecule has 1 aliphatic rings. The van der Waals surface area contributed by atoms with Crippen molar-refractivity contribution < 1.29 is 6.16 Å². The number of aryl methyl sites for hydroxylation is 1. The van der Waals surface area contributed by atoms with Crippen LogP contribution in [-0.2, 0) is 10.2 Å². The van der Waals surface area contributed by atoms with E-state index in [1.807, 2.05) is 19.1 Å². The van der Waals surface area contributed by atoms with E-state index in [1.165, 1.54) is 5.56 Å². The smallest absolute Gasteiger partial charge is 0.163 e. The number of benzene rings is 1. The fraction of sp³-hybridized carbons (Fsp3) is 0.435. The number of aromatic nitrogens is 4. The van der Waals surface area contributed by atoms with Gasteiger partial charge >= 0.3 is 0 Å². The second kappa shape index (κ2) is 8.44. The van der Waals surface area contributed by atoms with Crippen LogP contribution in [0.2, 0.25) is 0 Å². The Hall–Kier alpha value is -2.93. The lowest BCUT2D eigenvalue weighted by atomic mass is 9.86. The molecule has 0 bridgehead atoms. The molecule has 2 aromatic heterocycles. The van der Waals surface area contributed by atoms with Crippen molar-refractivity contribution in [1.29, 1.82) is 0 Å². The van der Waals surface area contributed by atoms with Crippen LogP contribution in [-0.4, -0.2) is 39.4 Å². The Labute approximate surface area is 179 Å². The van der Waals surface area contributed by atoms with E-state index in [1.54, 1.807) is 0 Å². The fourth-order valence-electron chi connectivity index (χ4n) is 3.50. The van der Waals surface area contributed by atoms with Gasteiger partial charge in [-0.25, -0.2) is 9.97 Å². The Bertz CT molecular complexity index is 1010. The molecule has 3 aromatic rings. The second-order valence-corrected chi connectivity index (χ2v) is 8.89. The van der Waals surface area contributed by atoms with Gasteiger partial charge in [-0.05, 0) is 36.8 Å². The molecule has 30 heavy (non-hydrogen) atoms. The summed E-state index contributed by atoms with van der Waals surface area (Å²) in [5.41, 5.74) is 3.30. The molecule has 3 N–H and O–H groups in total. The highest BCUT2D eigenvalue weighted by molar-refractivity contribution is 5.65. The average molecular weight is 409 g/mol. The molecule has 1 aliphatic heterocycles. The molecule has 1 aromatic carbocycles. The summed E-state index contributed by atoms with van der Waals surface area (Å²) >= 11 is 0. The number of aromatic amines is 1. The number of nitrogens with one attached hydrogen (secondary N) is 3. The van der Waals surface area contributed by atoms with Gasteiger partial charge in [0.05, 0.1) is 0 Å². The fourth-order valence-corrected chi connectivity index (χ4v) is 3.50. The van der Waals surface area contributed by atoms with E-state index in [4.69, 9.17) is 14.7 Å². The normalized spacial score (nSPS) is 15.2. The maximum atomic E-state index is 5.48. The van der Waals surface area contributed by atoms with Gasteiger partial charge in [0, 0.05) is 44.1 Å². The summed E-state index contributed by atoms with van der Waals surface area (Å²) in [5.74, 6) is 2.94. The molecule has 0 atom stereocenters. The predicted molar refractivity (Wildman–Crippen MR) is 122 cm³/mol. The molecule has 7 nitrogen and oxygen atoms in total. The monoisotopic (exact) mass is 408 g/mol. The first-order chi connectivity index (χ1) is 14.4. The topological polar surface area (TPSA) is 87.8 Å². The van der Waals surface area contributed by atoms with Crippen LogP contribution in [0.15, 0.2) is 36.4 Å². The zero-order valence-electron chi connectivity index (χ0n) is 18.1. The molecule has 1 saturated heterocycles. The van der Waals surface area contributed by atoms with Gasteiger partial charge in [0.1, 0.15) is 11.6 Å². The van der Waals surface area contributed by atoms with Crippen molar-refractivity contribution >= 4 is 17.5 Å². The first-order valence-corrected chi connectivity index (χ1v) is 10.5. The van der Waals surface area contributed by atoms with Crippen LogP contribution in [0, 0.1) is 6.92 Å². The third-order valence-corrected chi connectivity index (χ3v) is 5.25. The minimum Gasteiger partial charge on any atom is -0.381 e. The van der Waals surface area contributed by atoms with Gasteiger partial charge in [-0.3, -0.25) is 5.10 Å². The lowest BCUT2D eigenvalue weighted by molar-refractivity contribution is 0.0904. The van der Waals surface area contributed by atoms with Gasteiger partial charge in [0.15, 0.2) is 11.6 Å². The highest BCUT2D eigenvalue weighted by Crippen LogP contribution is 2.28. The molecule has 7 heteroatoms. The number of rotatable bonds is 5. The molecule has 0 unspecified atom stereocenters. The van der Waals surface area contributed by atoms with Crippen molar-refractivity contribution in [3.05, 3.63) is 47.7 Å². The molecule has 0 spiro atoms. The summed E-state index contributed by atoms with van der Waals surface area (Å²) in [5, 5.41) is 14.1. The van der Waals surface area contributed by atoms with E-state index in [-0.39, 0.29) is 6.84 Å². The number of hydrogen-bond donors (Lipinski definition) is 3. The van der Waals surface area contributed by atoms with Gasteiger partial charge in [0.25, 0.3) is 0 Å². The Morgan fingerprint density at radius 2 is 1.80 bits per heavy atom. The molecule has 0 saturated carbocycles. The maximum Gasteiger partial charge on any atom is 0.163 e. The first-order valence-electron chi connectivity index (χ1n) is 10.5. The number of nitrogens with zero attached hydrogens (tertiary/aromatic N) is 3. The van der Waals surface area contributed by atoms with Crippen LogP contribution in [0.5, 0.6) is 0 Å². The van der Waals surface area contributed by atoms with Crippen molar-refractivity contribution in [2.45, 2.75) is 52.0 Å². The highest BCUT2D eigenvalue weighted by atomic mass is 16.5. The average Bonchev–Trinajstić information content (AvgIpc) is 3.12. The lowest BCUT2D eigenvalue weighted by Crippen LogP contribution is -2.28. The largest absolute Gasteiger partial charge is 0.381 e. The Morgan fingerprint density at radius 1 is 1.03 bits per heavy atom. The number of ether oxygens (including phenoxy) is 1. The standard InChI is InChI=1S/C23H30N6O.H2/c1-15-12-21(29-28-15)25-20-14-19(24-18-8-10-30-11-9-18)26-22(27-20)16-6-5-7-17(13-16)23(2,3)4;/h5-7,12-14,18H,8-11H2,1-4H3,(H3,24,25,26,27,28,29);1H. The molecule has 0 radical (unpaired) electrons. The minimum absolute atomic E-state index is 0. The van der Waals surface area contributed by atoms with Gasteiger partial charge in [-0.2, -0.15) is 5.10 Å². The second-order valence-electron chi connectivity index (χ2n) is 8.89. The Balaban J connectivity index is 0.00000272. The van der Waals surface area contributed by atoms with E-state index in [2.05, 4.69) is 65.9 Å². The molecule has 1 fully saturated rings. The van der Waals surface area contributed by atoms with Gasteiger partial charge < -0.3 is 15.4 Å². The summed E-state index contributed by atoms with van der Waals surface area (Å²) in [7, 11) is 0. The summed E-state index contributed by atoms with van der Waals surface area (Å²) in [6.45, 7) is 10.2. The van der Waals surface area contributed by atoms with Crippen LogP contribution in [0.1, 0.15) is 46.3 Å². The van der Waals surface area contributed by atoms with E-state index in [0.29, 0.717) is 17.7 Å². The quantitative estimate of drug-likeness (QED) is 0.547. The molecular formula is C23H32N6O. The van der Waals surface area contributed by atoms with Crippen molar-refractivity contribution in [3.63, 3.8) is 0 Å². The Kier molecular flexibility index (Phi) is 5.72. The minimum atomic E-state index is 0. The summed E-state index contributed by atoms with van der Waals surface area (Å²) in [6.07, 6.45) is 1.94. The van der Waals surface area contributed by atoms with Crippen LogP contribution in [0.25, 0.3) is 11.4 Å². The zero-order valence-corrected chi connectivity index (χ0v) is 18.1. The third-order valence-electron chi connectivity index (χ3n) is 5.25. The molecule has 160 valence electrons. The molecule has 3 heterocycles. The molecule has 4 rings (SSSR count). The van der Waals surface area contributed by atoms with E-state index in [0.717, 1.165) is 48.9 Å². The number of hydrogen-bond acceptors (Lipinski definition) is 6. The summed E-state index contributed by atoms with van der Waals surface area (Å²) in [4.78, 5) is 9.62. The van der Waals surface area contributed by atoms with E-state index in [9.17, 15) is 0 Å². The summed E-state index contributed by atoms with van der Waals surface area (Å²) < 4.78 is 5.48. The van der Waals surface area contributed by atoms with E-state index >= 15 is 0 Å². The van der Waals surface area contributed by atoms with Gasteiger partial charge in [-0.15, -0.1) is 0 Å². The molecule has 0 amide bonds. The first kappa shape index (κ1) is 20.3. The maximum absolute atomic E-state index is 5.48. The zero-order chi connectivity index (χ0) is 21.1. The van der Waals surface area contributed by atoms with Crippen LogP contribution >= 0.6 is 0 Å². The van der Waals surface area contributed by atoms with Crippen molar-refractivity contribution in [1.82, 2.24) is 20.2 Å². The molecule has 0 aliphatic carbocycles. The van der Waals surface area contributed by atoms with Crippen LogP contribution in [0.4, 0.5) is 17.5 Å². The van der Waals surface area contributed by atoms with Crippen LogP contribution < -0.4 is 10.6 Å². The van der Waals surface area contributed by atoms with E-state index < -0.39 is 0 Å². The molecular weight excluding hydrogens is 376 g/mol. The van der Waals surface area contributed by atoms with Gasteiger partial charge in [0.2, 0.25) is 0 Å². The van der Waals surface area contributed by atoms with Crippen LogP contribution in [0.3, 0.4) is 0 Å². The number of anilines is 3. The SMILES string of the molecule is Cc1cc(Nc2cc(NC3CCOCC3)nc(-c3cccc(C(C)(C)C)c3)n2)n[nH]1.[HH]. The third kappa shape index (κ3) is 4.97.